The molecule has 0 radical (unpaired) electrons. The number of amides is 1. The van der Waals surface area contributed by atoms with Gasteiger partial charge in [-0.1, -0.05) is 13.2 Å². The maximum atomic E-state index is 12.4. The molecule has 7 N–H and O–H groups in total. The van der Waals surface area contributed by atoms with Crippen LogP contribution >= 0.6 is 0 Å². The van der Waals surface area contributed by atoms with Crippen LogP contribution in [-0.2, 0) is 35.2 Å². The highest BCUT2D eigenvalue weighted by Crippen LogP contribution is 2.19. The molecule has 1 aromatic carbocycles. The number of rotatable bonds is 11. The van der Waals surface area contributed by atoms with E-state index in [-0.39, 0.29) is 43.0 Å². The molecule has 3 heterocycles. The van der Waals surface area contributed by atoms with Gasteiger partial charge < -0.3 is 41.4 Å². The van der Waals surface area contributed by atoms with Crippen molar-refractivity contribution in [3.05, 3.63) is 67.4 Å². The summed E-state index contributed by atoms with van der Waals surface area (Å²) in [6, 6.07) is 5.16. The number of nitrogens with two attached hydrogens (primary N) is 2. The van der Waals surface area contributed by atoms with Crippen LogP contribution in [0.25, 0.3) is 11.2 Å². The first-order valence-electron chi connectivity index (χ1n) is 13.1. The third-order valence-corrected chi connectivity index (χ3v) is 5.67. The summed E-state index contributed by atoms with van der Waals surface area (Å²) in [5.41, 5.74) is 13.7. The van der Waals surface area contributed by atoms with Gasteiger partial charge in [-0.15, -0.1) is 0 Å². The molecule has 1 atom stereocenters. The molecule has 238 valence electrons. The van der Waals surface area contributed by atoms with Gasteiger partial charge in [0.15, 0.2) is 17.0 Å². The fourth-order valence-corrected chi connectivity index (χ4v) is 3.53. The number of nitrogens with one attached hydrogen (secondary N) is 1. The predicted octanol–water partition coefficient (Wildman–Crippen LogP) is 1.41. The molecule has 0 saturated carbocycles. The largest absolute Gasteiger partial charge is 0.481 e. The van der Waals surface area contributed by atoms with E-state index in [0.29, 0.717) is 23.4 Å². The lowest BCUT2D eigenvalue weighted by Crippen LogP contribution is -2.41. The van der Waals surface area contributed by atoms with E-state index in [1.165, 1.54) is 24.7 Å². The molecular formula is C28H32N8O9. The average molecular weight is 625 g/mol. The monoisotopic (exact) mass is 624 g/mol. The number of hydrogen-bond donors (Lipinski definition) is 5. The summed E-state index contributed by atoms with van der Waals surface area (Å²) in [6.07, 6.45) is 4.11. The van der Waals surface area contributed by atoms with Gasteiger partial charge in [-0.05, 0) is 30.7 Å². The van der Waals surface area contributed by atoms with Crippen LogP contribution < -0.4 is 21.7 Å². The summed E-state index contributed by atoms with van der Waals surface area (Å²) in [5.74, 6) is -3.70. The van der Waals surface area contributed by atoms with E-state index in [1.807, 2.05) is 11.9 Å². The lowest BCUT2D eigenvalue weighted by atomic mass is 10.1. The lowest BCUT2D eigenvalue weighted by Gasteiger charge is -2.19. The molecule has 1 aliphatic heterocycles. The van der Waals surface area contributed by atoms with Crippen molar-refractivity contribution in [3.63, 3.8) is 0 Å². The highest BCUT2D eigenvalue weighted by Gasteiger charge is 2.22. The summed E-state index contributed by atoms with van der Waals surface area (Å²) in [4.78, 5) is 72.7. The Morgan fingerprint density at radius 2 is 1.69 bits per heavy atom. The number of nitrogen functional groups attached to an aromatic ring is 2. The summed E-state index contributed by atoms with van der Waals surface area (Å²) in [6.45, 7) is 6.88. The highest BCUT2D eigenvalue weighted by molar-refractivity contribution is 5.97. The van der Waals surface area contributed by atoms with Gasteiger partial charge in [0.25, 0.3) is 5.91 Å². The molecule has 4 rings (SSSR count). The molecule has 3 aromatic rings. The Morgan fingerprint density at radius 3 is 2.18 bits per heavy atom. The van der Waals surface area contributed by atoms with Gasteiger partial charge >= 0.3 is 23.9 Å². The van der Waals surface area contributed by atoms with Gasteiger partial charge in [0, 0.05) is 24.7 Å². The first-order chi connectivity index (χ1) is 21.3. The molecule has 1 fully saturated rings. The lowest BCUT2D eigenvalue weighted by molar-refractivity contribution is -0.152. The number of aromatic nitrogens is 4. The van der Waals surface area contributed by atoms with Crippen LogP contribution in [0, 0.1) is 0 Å². The second-order valence-corrected chi connectivity index (χ2v) is 9.02. The van der Waals surface area contributed by atoms with Crippen LogP contribution in [-0.4, -0.2) is 73.0 Å². The number of carbonyl (C=O) groups excluding carboxylic acids is 3. The third-order valence-electron chi connectivity index (χ3n) is 5.67. The van der Waals surface area contributed by atoms with Crippen LogP contribution in [0.4, 0.5) is 17.5 Å². The third kappa shape index (κ3) is 11.6. The topological polar surface area (TPSA) is 263 Å². The predicted molar refractivity (Wildman–Crippen MR) is 160 cm³/mol. The molecular weight excluding hydrogens is 592 g/mol. The van der Waals surface area contributed by atoms with Crippen molar-refractivity contribution in [2.75, 3.05) is 23.4 Å². The Labute approximate surface area is 256 Å². The number of anilines is 3. The van der Waals surface area contributed by atoms with Crippen LogP contribution in [0.5, 0.6) is 0 Å². The minimum Gasteiger partial charge on any atom is -0.481 e. The van der Waals surface area contributed by atoms with E-state index < -0.39 is 35.8 Å². The summed E-state index contributed by atoms with van der Waals surface area (Å²) in [7, 11) is 1.82. The van der Waals surface area contributed by atoms with E-state index in [4.69, 9.17) is 16.6 Å². The molecule has 45 heavy (non-hydrogen) atoms. The van der Waals surface area contributed by atoms with E-state index >= 15 is 0 Å². The number of aliphatic carboxylic acids is 2. The number of cyclic esters (lactones) is 2. The Balaban J connectivity index is 0.000000491. The number of nitrogens with zero attached hydrogens (tertiary/aromatic N) is 5. The number of ether oxygens (including phenoxy) is 2. The van der Waals surface area contributed by atoms with Crippen LogP contribution in [0.2, 0.25) is 0 Å². The normalized spacial score (nSPS) is 12.3. The maximum Gasteiger partial charge on any atom is 0.326 e. The fraction of sp³-hybridized carbons (Fsp3) is 0.250. The zero-order valence-corrected chi connectivity index (χ0v) is 24.2. The summed E-state index contributed by atoms with van der Waals surface area (Å²) in [5, 5.41) is 20.2. The number of hydrogen-bond acceptors (Lipinski definition) is 14. The number of carboxylic acids is 2. The molecule has 17 nitrogen and oxygen atoms in total. The fourth-order valence-electron chi connectivity index (χ4n) is 3.53. The van der Waals surface area contributed by atoms with Crippen LogP contribution in [0.1, 0.15) is 41.7 Å². The summed E-state index contributed by atoms with van der Waals surface area (Å²) >= 11 is 0. The molecule has 1 aliphatic rings. The second kappa shape index (κ2) is 17.1. The standard InChI is InChI=1S/C20H22N8O5.C4H4O3.C4H6O/c1-28(9-11-8-23-17-15(24-11)16(21)26-20(22)27-17)12-4-2-10(3-5-12)18(31)25-13(19(32)33)6-7-14(29)30;5-3-1-2-4(6)7-3;1-3-5-4-2/h2-5,8,13H,6-7,9H2,1H3,(H,25,31)(H,29,30)(H,32,33)(H4,21,22,23,26,27);1-2H2;3-4H,1-2H2. The SMILES string of the molecule is C=COC=C.CN(Cc1cnc2nc(N)nc(N)c2n1)c1ccc(C(=O)NC(CCC(=O)O)C(=O)O)cc1.O=C1CCC(=O)O1. The van der Waals surface area contributed by atoms with E-state index in [0.717, 1.165) is 5.69 Å². The van der Waals surface area contributed by atoms with Crippen molar-refractivity contribution in [1.82, 2.24) is 25.3 Å². The Morgan fingerprint density at radius 1 is 1.07 bits per heavy atom. The van der Waals surface area contributed by atoms with Crippen molar-refractivity contribution in [3.8, 4) is 0 Å². The number of benzene rings is 1. The van der Waals surface area contributed by atoms with Gasteiger partial charge in [-0.2, -0.15) is 9.97 Å². The van der Waals surface area contributed by atoms with Gasteiger partial charge in [0.2, 0.25) is 5.95 Å². The van der Waals surface area contributed by atoms with E-state index in [1.54, 1.807) is 18.3 Å². The van der Waals surface area contributed by atoms with Gasteiger partial charge in [-0.25, -0.2) is 14.8 Å². The number of carboxylic acid groups (broad SMARTS) is 2. The minimum atomic E-state index is -1.30. The van der Waals surface area contributed by atoms with E-state index in [9.17, 15) is 29.1 Å². The Hall–Kier alpha value is -6.13. The smallest absolute Gasteiger partial charge is 0.326 e. The minimum absolute atomic E-state index is 0.0138. The molecule has 1 unspecified atom stereocenters. The molecule has 2 aromatic heterocycles. The zero-order chi connectivity index (χ0) is 33.5. The first-order valence-corrected chi connectivity index (χ1v) is 13.1. The summed E-state index contributed by atoms with van der Waals surface area (Å²) < 4.78 is 8.44. The van der Waals surface area contributed by atoms with Crippen molar-refractivity contribution < 1.29 is 43.7 Å². The molecule has 1 saturated heterocycles. The van der Waals surface area contributed by atoms with Crippen LogP contribution in [0.3, 0.4) is 0 Å². The first kappa shape index (κ1) is 35.1. The Kier molecular flexibility index (Phi) is 13.3. The van der Waals surface area contributed by atoms with Crippen LogP contribution in [0.15, 0.2) is 56.1 Å². The molecule has 0 bridgehead atoms. The second-order valence-electron chi connectivity index (χ2n) is 9.02. The average Bonchev–Trinajstić information content (AvgIpc) is 3.38. The van der Waals surface area contributed by atoms with Gasteiger partial charge in [0.05, 0.1) is 43.8 Å². The maximum absolute atomic E-state index is 12.4. The van der Waals surface area contributed by atoms with E-state index in [2.05, 4.69) is 47.9 Å². The Bertz CT molecular complexity index is 1540. The van der Waals surface area contributed by atoms with Gasteiger partial charge in [-0.3, -0.25) is 19.2 Å². The zero-order valence-electron chi connectivity index (χ0n) is 24.2. The molecule has 0 aliphatic carbocycles. The van der Waals surface area contributed by atoms with Crippen molar-refractivity contribution >= 4 is 58.4 Å². The number of carbonyl (C=O) groups is 5. The molecule has 0 spiro atoms. The molecule has 17 heteroatoms. The molecule has 1 amide bonds. The van der Waals surface area contributed by atoms with Crippen molar-refractivity contribution in [1.29, 1.82) is 0 Å². The van der Waals surface area contributed by atoms with Crippen molar-refractivity contribution in [2.24, 2.45) is 0 Å². The highest BCUT2D eigenvalue weighted by atomic mass is 16.6. The number of fused-ring (bicyclic) bond motifs is 1. The number of esters is 2. The van der Waals surface area contributed by atoms with Gasteiger partial charge in [0.1, 0.15) is 6.04 Å². The van der Waals surface area contributed by atoms with Crippen molar-refractivity contribution in [2.45, 2.75) is 38.3 Å². The quantitative estimate of drug-likeness (QED) is 0.115.